The summed E-state index contributed by atoms with van der Waals surface area (Å²) >= 11 is 0. The topological polar surface area (TPSA) is 74.4 Å². The molecule has 1 aromatic carbocycles. The maximum Gasteiger partial charge on any atom is 0.227 e. The van der Waals surface area contributed by atoms with E-state index in [0.29, 0.717) is 30.3 Å². The van der Waals surface area contributed by atoms with Crippen molar-refractivity contribution in [2.45, 2.75) is 19.8 Å². The van der Waals surface area contributed by atoms with Crippen molar-refractivity contribution in [2.24, 2.45) is 5.92 Å². The van der Waals surface area contributed by atoms with E-state index in [2.05, 4.69) is 22.0 Å². The Morgan fingerprint density at radius 2 is 1.87 bits per heavy atom. The number of benzene rings is 1. The van der Waals surface area contributed by atoms with Gasteiger partial charge in [0.2, 0.25) is 11.8 Å². The van der Waals surface area contributed by atoms with E-state index in [1.807, 2.05) is 0 Å². The van der Waals surface area contributed by atoms with Crippen molar-refractivity contribution in [2.75, 3.05) is 71.5 Å². The Morgan fingerprint density at radius 3 is 2.53 bits per heavy atom. The van der Waals surface area contributed by atoms with Gasteiger partial charge in [0.1, 0.15) is 11.5 Å². The number of hydrogen-bond acceptors (Lipinski definition) is 6. The molecule has 0 saturated carbocycles. The number of likely N-dealkylation sites (N-methyl/N-ethyl adjacent to an activating group) is 1. The number of anilines is 1. The predicted molar refractivity (Wildman–Crippen MR) is 116 cm³/mol. The fraction of sp³-hybridized carbons (Fsp3) is 0.636. The van der Waals surface area contributed by atoms with Gasteiger partial charge in [-0.1, -0.05) is 6.92 Å². The average molecular weight is 419 g/mol. The Balaban J connectivity index is 1.46. The fourth-order valence-electron chi connectivity index (χ4n) is 4.11. The third-order valence-electron chi connectivity index (χ3n) is 6.04. The van der Waals surface area contributed by atoms with Crippen LogP contribution in [0.15, 0.2) is 18.2 Å². The SMILES string of the molecule is CCN1CCN(CCCNC(=O)C2CC(=O)N(c3cc(OC)ccc3OC)C2)CC1. The number of amides is 2. The molecule has 8 nitrogen and oxygen atoms in total. The maximum atomic E-state index is 12.6. The lowest BCUT2D eigenvalue weighted by Crippen LogP contribution is -2.46. The Kier molecular flexibility index (Phi) is 7.93. The summed E-state index contributed by atoms with van der Waals surface area (Å²) in [6.45, 7) is 9.73. The molecule has 166 valence electrons. The van der Waals surface area contributed by atoms with E-state index >= 15 is 0 Å². The van der Waals surface area contributed by atoms with Crippen LogP contribution in [-0.4, -0.2) is 88.2 Å². The van der Waals surface area contributed by atoms with Crippen molar-refractivity contribution in [3.8, 4) is 11.5 Å². The lowest BCUT2D eigenvalue weighted by Gasteiger charge is -2.34. The Bertz CT molecular complexity index is 734. The van der Waals surface area contributed by atoms with E-state index in [1.54, 1.807) is 37.3 Å². The lowest BCUT2D eigenvalue weighted by atomic mass is 10.1. The first-order chi connectivity index (χ1) is 14.5. The minimum Gasteiger partial charge on any atom is -0.497 e. The van der Waals surface area contributed by atoms with Crippen LogP contribution in [0.4, 0.5) is 5.69 Å². The molecule has 2 aliphatic heterocycles. The van der Waals surface area contributed by atoms with Crippen molar-refractivity contribution < 1.29 is 19.1 Å². The van der Waals surface area contributed by atoms with Crippen molar-refractivity contribution in [3.63, 3.8) is 0 Å². The third-order valence-corrected chi connectivity index (χ3v) is 6.04. The van der Waals surface area contributed by atoms with Gasteiger partial charge >= 0.3 is 0 Å². The molecule has 30 heavy (non-hydrogen) atoms. The van der Waals surface area contributed by atoms with E-state index in [0.717, 1.165) is 45.7 Å². The van der Waals surface area contributed by atoms with Gasteiger partial charge in [0, 0.05) is 51.8 Å². The molecule has 3 rings (SSSR count). The summed E-state index contributed by atoms with van der Waals surface area (Å²) in [6.07, 6.45) is 1.14. The first kappa shape index (κ1) is 22.4. The van der Waals surface area contributed by atoms with Crippen molar-refractivity contribution in [3.05, 3.63) is 18.2 Å². The summed E-state index contributed by atoms with van der Waals surface area (Å²) < 4.78 is 10.7. The van der Waals surface area contributed by atoms with Crippen LogP contribution in [0.2, 0.25) is 0 Å². The minimum absolute atomic E-state index is 0.0523. The summed E-state index contributed by atoms with van der Waals surface area (Å²) in [5.74, 6) is 0.764. The highest BCUT2D eigenvalue weighted by molar-refractivity contribution is 6.01. The lowest BCUT2D eigenvalue weighted by molar-refractivity contribution is -0.126. The Hall–Kier alpha value is -2.32. The highest BCUT2D eigenvalue weighted by Crippen LogP contribution is 2.36. The maximum absolute atomic E-state index is 12.6. The molecule has 2 heterocycles. The van der Waals surface area contributed by atoms with Crippen LogP contribution in [-0.2, 0) is 9.59 Å². The molecular formula is C22H34N4O4. The second-order valence-corrected chi connectivity index (χ2v) is 7.86. The predicted octanol–water partition coefficient (Wildman–Crippen LogP) is 1.20. The zero-order valence-electron chi connectivity index (χ0n) is 18.4. The molecular weight excluding hydrogens is 384 g/mol. The van der Waals surface area contributed by atoms with Crippen LogP contribution in [0.5, 0.6) is 11.5 Å². The van der Waals surface area contributed by atoms with Gasteiger partial charge in [-0.2, -0.15) is 0 Å². The molecule has 2 amide bonds. The summed E-state index contributed by atoms with van der Waals surface area (Å²) in [7, 11) is 3.15. The van der Waals surface area contributed by atoms with Gasteiger partial charge in [0.05, 0.1) is 25.8 Å². The molecule has 1 N–H and O–H groups in total. The third kappa shape index (κ3) is 5.43. The highest BCUT2D eigenvalue weighted by atomic mass is 16.5. The standard InChI is InChI=1S/C22H34N4O4/c1-4-24-10-12-25(13-11-24)9-5-8-23-22(28)17-14-21(27)26(16-17)19-15-18(29-2)6-7-20(19)30-3/h6-7,15,17H,4-5,8-14,16H2,1-3H3,(H,23,28). The number of nitrogens with one attached hydrogen (secondary N) is 1. The van der Waals surface area contributed by atoms with Crippen LogP contribution in [0.25, 0.3) is 0 Å². The second-order valence-electron chi connectivity index (χ2n) is 7.86. The molecule has 8 heteroatoms. The first-order valence-corrected chi connectivity index (χ1v) is 10.8. The number of carbonyl (C=O) groups excluding carboxylic acids is 2. The molecule has 2 saturated heterocycles. The molecule has 2 aliphatic rings. The summed E-state index contributed by atoms with van der Waals surface area (Å²) in [5, 5.41) is 3.02. The van der Waals surface area contributed by atoms with Crippen LogP contribution < -0.4 is 19.7 Å². The van der Waals surface area contributed by atoms with Gasteiger partial charge in [-0.05, 0) is 31.6 Å². The highest BCUT2D eigenvalue weighted by Gasteiger charge is 2.36. The smallest absolute Gasteiger partial charge is 0.227 e. The summed E-state index contributed by atoms with van der Waals surface area (Å²) in [5.41, 5.74) is 0.642. The van der Waals surface area contributed by atoms with Crippen molar-refractivity contribution in [1.82, 2.24) is 15.1 Å². The number of methoxy groups -OCH3 is 2. The Labute approximate surface area is 179 Å². The van der Waals surface area contributed by atoms with Gasteiger partial charge in [0.25, 0.3) is 0 Å². The minimum atomic E-state index is -0.346. The van der Waals surface area contributed by atoms with Crippen LogP contribution >= 0.6 is 0 Å². The van der Waals surface area contributed by atoms with E-state index in [4.69, 9.17) is 9.47 Å². The normalized spacial score (nSPS) is 20.4. The number of hydrogen-bond donors (Lipinski definition) is 1. The van der Waals surface area contributed by atoms with Gasteiger partial charge in [-0.15, -0.1) is 0 Å². The molecule has 0 aliphatic carbocycles. The van der Waals surface area contributed by atoms with Crippen molar-refractivity contribution in [1.29, 1.82) is 0 Å². The molecule has 1 atom stereocenters. The molecule has 0 radical (unpaired) electrons. The summed E-state index contributed by atoms with van der Waals surface area (Å²) in [4.78, 5) is 31.7. The van der Waals surface area contributed by atoms with E-state index < -0.39 is 0 Å². The molecule has 0 spiro atoms. The van der Waals surface area contributed by atoms with Gasteiger partial charge in [0.15, 0.2) is 0 Å². The van der Waals surface area contributed by atoms with Crippen LogP contribution in [0.1, 0.15) is 19.8 Å². The van der Waals surface area contributed by atoms with E-state index in [-0.39, 0.29) is 24.2 Å². The zero-order chi connectivity index (χ0) is 21.5. The first-order valence-electron chi connectivity index (χ1n) is 10.8. The fourth-order valence-corrected chi connectivity index (χ4v) is 4.11. The van der Waals surface area contributed by atoms with Gasteiger partial charge in [-0.3, -0.25) is 9.59 Å². The largest absolute Gasteiger partial charge is 0.497 e. The molecule has 1 unspecified atom stereocenters. The number of rotatable bonds is 9. The Morgan fingerprint density at radius 1 is 1.13 bits per heavy atom. The van der Waals surface area contributed by atoms with E-state index in [1.165, 1.54) is 0 Å². The van der Waals surface area contributed by atoms with Gasteiger partial charge in [-0.25, -0.2) is 0 Å². The van der Waals surface area contributed by atoms with Gasteiger partial charge < -0.3 is 29.5 Å². The van der Waals surface area contributed by atoms with Crippen LogP contribution in [0.3, 0.4) is 0 Å². The van der Waals surface area contributed by atoms with Crippen molar-refractivity contribution >= 4 is 17.5 Å². The number of nitrogens with zero attached hydrogens (tertiary/aromatic N) is 3. The monoisotopic (exact) mass is 418 g/mol. The number of piperazine rings is 1. The zero-order valence-corrected chi connectivity index (χ0v) is 18.4. The molecule has 0 bridgehead atoms. The second kappa shape index (κ2) is 10.6. The molecule has 2 fully saturated rings. The summed E-state index contributed by atoms with van der Waals surface area (Å²) in [6, 6.07) is 5.33. The quantitative estimate of drug-likeness (QED) is 0.608. The van der Waals surface area contributed by atoms with E-state index in [9.17, 15) is 9.59 Å². The number of carbonyl (C=O) groups is 2. The molecule has 1 aromatic rings. The number of ether oxygens (including phenoxy) is 2. The molecule has 0 aromatic heterocycles. The van der Waals surface area contributed by atoms with Crippen LogP contribution in [0, 0.1) is 5.92 Å². The average Bonchev–Trinajstić information content (AvgIpc) is 3.18.